The molecule has 20 heavy (non-hydrogen) atoms. The Bertz CT molecular complexity index is 717. The van der Waals surface area contributed by atoms with Crippen molar-refractivity contribution in [1.82, 2.24) is 25.2 Å². The van der Waals surface area contributed by atoms with Gasteiger partial charge in [0, 0.05) is 12.1 Å². The molecule has 2 N–H and O–H groups in total. The second-order valence-corrected chi connectivity index (χ2v) is 4.48. The first-order chi connectivity index (χ1) is 9.74. The van der Waals surface area contributed by atoms with Gasteiger partial charge in [-0.1, -0.05) is 22.9 Å². The Kier molecular flexibility index (Phi) is 3.26. The van der Waals surface area contributed by atoms with Crippen molar-refractivity contribution in [3.8, 4) is 11.5 Å². The minimum Gasteiger partial charge on any atom is -0.419 e. The predicted octanol–water partition coefficient (Wildman–Crippen LogP) is 1.14. The summed E-state index contributed by atoms with van der Waals surface area (Å²) in [4.78, 5) is 0. The third-order valence-corrected chi connectivity index (χ3v) is 2.82. The van der Waals surface area contributed by atoms with Crippen LogP contribution in [-0.4, -0.2) is 25.2 Å². The number of nitrogens with zero attached hydrogens (tertiary/aromatic N) is 5. The summed E-state index contributed by atoms with van der Waals surface area (Å²) < 4.78 is 7.25. The summed E-state index contributed by atoms with van der Waals surface area (Å²) in [5, 5.41) is 15.9. The van der Waals surface area contributed by atoms with E-state index in [4.69, 9.17) is 10.2 Å². The molecule has 2 heterocycles. The van der Waals surface area contributed by atoms with Crippen molar-refractivity contribution in [2.45, 2.75) is 20.0 Å². The molecule has 0 radical (unpaired) electrons. The van der Waals surface area contributed by atoms with Gasteiger partial charge in [0.1, 0.15) is 6.54 Å². The van der Waals surface area contributed by atoms with Gasteiger partial charge in [0.25, 0.3) is 0 Å². The van der Waals surface area contributed by atoms with Crippen molar-refractivity contribution >= 4 is 0 Å². The molecule has 0 aliphatic heterocycles. The van der Waals surface area contributed by atoms with E-state index in [1.54, 1.807) is 10.9 Å². The van der Waals surface area contributed by atoms with E-state index in [0.29, 0.717) is 24.9 Å². The van der Waals surface area contributed by atoms with Crippen LogP contribution in [0.15, 0.2) is 34.9 Å². The van der Waals surface area contributed by atoms with Gasteiger partial charge in [0.15, 0.2) is 0 Å². The van der Waals surface area contributed by atoms with E-state index in [1.807, 2.05) is 31.2 Å². The van der Waals surface area contributed by atoms with E-state index >= 15 is 0 Å². The molecule has 0 amide bonds. The van der Waals surface area contributed by atoms with Crippen molar-refractivity contribution < 1.29 is 4.42 Å². The number of hydrogen-bond donors (Lipinski definition) is 1. The first-order valence-electron chi connectivity index (χ1n) is 6.23. The normalized spacial score (nSPS) is 10.9. The number of aryl methyl sites for hydroxylation is 1. The van der Waals surface area contributed by atoms with Crippen LogP contribution in [0.5, 0.6) is 0 Å². The molecule has 0 atom stereocenters. The van der Waals surface area contributed by atoms with Crippen LogP contribution < -0.4 is 5.73 Å². The van der Waals surface area contributed by atoms with Crippen molar-refractivity contribution in [2.24, 2.45) is 5.73 Å². The lowest BCUT2D eigenvalue weighted by molar-refractivity contribution is 0.469. The summed E-state index contributed by atoms with van der Waals surface area (Å²) in [7, 11) is 0. The number of nitrogens with two attached hydrogens (primary N) is 1. The van der Waals surface area contributed by atoms with Crippen LogP contribution in [0.2, 0.25) is 0 Å². The first-order valence-corrected chi connectivity index (χ1v) is 6.23. The van der Waals surface area contributed by atoms with Crippen molar-refractivity contribution in [3.05, 3.63) is 47.6 Å². The minimum absolute atomic E-state index is 0.359. The molecule has 0 aliphatic rings. The Hall–Kier alpha value is -2.54. The fourth-order valence-electron chi connectivity index (χ4n) is 1.86. The standard InChI is InChI=1S/C13H14N6O/c1-9-3-2-4-10(5-9)13-17-16-12(20-13)8-19-7-11(6-14)15-18-19/h2-5,7H,6,8,14H2,1H3. The minimum atomic E-state index is 0.359. The summed E-state index contributed by atoms with van der Waals surface area (Å²) in [6, 6.07) is 7.91. The Labute approximate surface area is 115 Å². The molecule has 3 aromatic rings. The van der Waals surface area contributed by atoms with E-state index in [2.05, 4.69) is 20.5 Å². The molecule has 0 spiro atoms. The highest BCUT2D eigenvalue weighted by molar-refractivity contribution is 5.53. The van der Waals surface area contributed by atoms with Crippen LogP contribution in [0.4, 0.5) is 0 Å². The maximum atomic E-state index is 5.63. The second-order valence-electron chi connectivity index (χ2n) is 4.48. The smallest absolute Gasteiger partial charge is 0.247 e. The Morgan fingerprint density at radius 1 is 1.25 bits per heavy atom. The average molecular weight is 270 g/mol. The lowest BCUT2D eigenvalue weighted by Gasteiger charge is -1.96. The molecule has 7 nitrogen and oxygen atoms in total. The zero-order chi connectivity index (χ0) is 13.9. The lowest BCUT2D eigenvalue weighted by atomic mass is 10.1. The first kappa shape index (κ1) is 12.5. The fourth-order valence-corrected chi connectivity index (χ4v) is 1.86. The quantitative estimate of drug-likeness (QED) is 0.763. The van der Waals surface area contributed by atoms with Crippen molar-refractivity contribution in [2.75, 3.05) is 0 Å². The van der Waals surface area contributed by atoms with Gasteiger partial charge >= 0.3 is 0 Å². The summed E-state index contributed by atoms with van der Waals surface area (Å²) in [5.74, 6) is 0.984. The molecule has 102 valence electrons. The van der Waals surface area contributed by atoms with Crippen molar-refractivity contribution in [3.63, 3.8) is 0 Å². The summed E-state index contributed by atoms with van der Waals surface area (Å²) >= 11 is 0. The average Bonchev–Trinajstić information content (AvgIpc) is 3.08. The molecule has 1 aromatic carbocycles. The molecule has 0 saturated heterocycles. The molecule has 2 aromatic heterocycles. The van der Waals surface area contributed by atoms with Crippen LogP contribution in [0.1, 0.15) is 17.1 Å². The van der Waals surface area contributed by atoms with Gasteiger partial charge < -0.3 is 10.2 Å². The van der Waals surface area contributed by atoms with Gasteiger partial charge in [0.2, 0.25) is 11.8 Å². The lowest BCUT2D eigenvalue weighted by Crippen LogP contribution is -2.00. The second kappa shape index (κ2) is 5.22. The van der Waals surface area contributed by atoms with Gasteiger partial charge in [0.05, 0.1) is 11.9 Å². The zero-order valence-corrected chi connectivity index (χ0v) is 11.0. The number of benzene rings is 1. The van der Waals surface area contributed by atoms with E-state index in [-0.39, 0.29) is 0 Å². The highest BCUT2D eigenvalue weighted by Crippen LogP contribution is 2.18. The van der Waals surface area contributed by atoms with Crippen LogP contribution >= 0.6 is 0 Å². The Morgan fingerprint density at radius 2 is 2.15 bits per heavy atom. The van der Waals surface area contributed by atoms with Crippen LogP contribution in [0.3, 0.4) is 0 Å². The van der Waals surface area contributed by atoms with E-state index < -0.39 is 0 Å². The third kappa shape index (κ3) is 2.57. The molecule has 7 heteroatoms. The van der Waals surface area contributed by atoms with E-state index in [0.717, 1.165) is 16.8 Å². The predicted molar refractivity (Wildman–Crippen MR) is 71.5 cm³/mol. The van der Waals surface area contributed by atoms with Gasteiger partial charge in [-0.15, -0.1) is 15.3 Å². The Morgan fingerprint density at radius 3 is 2.90 bits per heavy atom. The van der Waals surface area contributed by atoms with E-state index in [1.165, 1.54) is 0 Å². The van der Waals surface area contributed by atoms with Crippen LogP contribution in [0.25, 0.3) is 11.5 Å². The Balaban J connectivity index is 1.80. The largest absolute Gasteiger partial charge is 0.419 e. The molecule has 0 unspecified atom stereocenters. The van der Waals surface area contributed by atoms with Crippen LogP contribution in [0, 0.1) is 6.92 Å². The molecule has 0 fully saturated rings. The molecule has 0 aliphatic carbocycles. The van der Waals surface area contributed by atoms with E-state index in [9.17, 15) is 0 Å². The summed E-state index contributed by atoms with van der Waals surface area (Å²) in [6.07, 6.45) is 1.76. The number of aromatic nitrogens is 5. The maximum Gasteiger partial charge on any atom is 0.247 e. The van der Waals surface area contributed by atoms with Crippen LogP contribution in [-0.2, 0) is 13.1 Å². The van der Waals surface area contributed by atoms with Gasteiger partial charge in [-0.05, 0) is 19.1 Å². The zero-order valence-electron chi connectivity index (χ0n) is 11.0. The topological polar surface area (TPSA) is 95.7 Å². The van der Waals surface area contributed by atoms with Crippen molar-refractivity contribution in [1.29, 1.82) is 0 Å². The number of rotatable bonds is 4. The molecule has 3 rings (SSSR count). The van der Waals surface area contributed by atoms with Gasteiger partial charge in [-0.3, -0.25) is 0 Å². The maximum absolute atomic E-state index is 5.63. The molecule has 0 bridgehead atoms. The summed E-state index contributed by atoms with van der Waals surface area (Å²) in [6.45, 7) is 2.76. The monoisotopic (exact) mass is 270 g/mol. The highest BCUT2D eigenvalue weighted by atomic mass is 16.4. The third-order valence-electron chi connectivity index (χ3n) is 2.82. The summed E-state index contributed by atoms with van der Waals surface area (Å²) in [5.41, 5.74) is 8.26. The highest BCUT2D eigenvalue weighted by Gasteiger charge is 2.10. The SMILES string of the molecule is Cc1cccc(-c2nnc(Cn3cc(CN)nn3)o2)c1. The fraction of sp³-hybridized carbons (Fsp3) is 0.231. The molecular weight excluding hydrogens is 256 g/mol. The van der Waals surface area contributed by atoms with Gasteiger partial charge in [-0.25, -0.2) is 4.68 Å². The number of hydrogen-bond acceptors (Lipinski definition) is 6. The van der Waals surface area contributed by atoms with Gasteiger partial charge in [-0.2, -0.15) is 0 Å². The molecule has 0 saturated carbocycles. The molecular formula is C13H14N6O.